The van der Waals surface area contributed by atoms with Gasteiger partial charge in [0, 0.05) is 18.8 Å². The minimum Gasteiger partial charge on any atom is -0.373 e. The van der Waals surface area contributed by atoms with Gasteiger partial charge in [0.25, 0.3) is 0 Å². The fraction of sp³-hybridized carbons (Fsp3) is 0.471. The van der Waals surface area contributed by atoms with Gasteiger partial charge in [-0.2, -0.15) is 15.0 Å². The molecule has 1 aliphatic rings. The van der Waals surface area contributed by atoms with Gasteiger partial charge in [-0.3, -0.25) is 4.90 Å². The van der Waals surface area contributed by atoms with Gasteiger partial charge in [0.15, 0.2) is 0 Å². The Morgan fingerprint density at radius 2 is 1.88 bits per heavy atom. The molecule has 1 aromatic carbocycles. The summed E-state index contributed by atoms with van der Waals surface area (Å²) in [4.78, 5) is 15.3. The Morgan fingerprint density at radius 1 is 1.17 bits per heavy atom. The van der Waals surface area contributed by atoms with Crippen LogP contribution in [0.4, 0.5) is 17.6 Å². The molecule has 0 bridgehead atoms. The van der Waals surface area contributed by atoms with E-state index in [-0.39, 0.29) is 18.2 Å². The Balaban J connectivity index is 1.75. The van der Waals surface area contributed by atoms with Crippen LogP contribution in [0.25, 0.3) is 0 Å². The highest BCUT2D eigenvalue weighted by Crippen LogP contribution is 2.18. The number of aryl methyl sites for hydroxylation is 1. The molecule has 3 rings (SSSR count). The van der Waals surface area contributed by atoms with Crippen molar-refractivity contribution in [2.45, 2.75) is 39.5 Å². The zero-order valence-electron chi connectivity index (χ0n) is 14.4. The Bertz CT molecular complexity index is 697. The molecule has 0 radical (unpaired) electrons. The van der Waals surface area contributed by atoms with Crippen molar-refractivity contribution in [1.82, 2.24) is 19.9 Å². The maximum absolute atomic E-state index is 5.87. The number of morpholine rings is 1. The Kier molecular flexibility index (Phi) is 4.92. The first kappa shape index (κ1) is 16.6. The van der Waals surface area contributed by atoms with Crippen molar-refractivity contribution in [2.75, 3.05) is 24.1 Å². The van der Waals surface area contributed by atoms with Crippen LogP contribution in [-0.4, -0.2) is 45.1 Å². The van der Waals surface area contributed by atoms with Crippen molar-refractivity contribution in [3.8, 4) is 0 Å². The lowest BCUT2D eigenvalue weighted by atomic mass is 10.2. The summed E-state index contributed by atoms with van der Waals surface area (Å²) in [5.74, 6) is 1.37. The van der Waals surface area contributed by atoms with Crippen LogP contribution in [-0.2, 0) is 11.3 Å². The quantitative estimate of drug-likeness (QED) is 0.888. The largest absolute Gasteiger partial charge is 0.373 e. The first-order valence-corrected chi connectivity index (χ1v) is 8.20. The molecule has 2 aromatic rings. The van der Waals surface area contributed by atoms with Crippen molar-refractivity contribution in [2.24, 2.45) is 0 Å². The van der Waals surface area contributed by atoms with Crippen LogP contribution in [0.3, 0.4) is 0 Å². The van der Waals surface area contributed by atoms with Gasteiger partial charge in [-0.1, -0.05) is 18.2 Å². The van der Waals surface area contributed by atoms with E-state index in [1.807, 2.05) is 31.2 Å². The molecule has 0 spiro atoms. The summed E-state index contributed by atoms with van der Waals surface area (Å²) in [7, 11) is 0. The lowest BCUT2D eigenvalue weighted by Gasteiger charge is -2.34. The van der Waals surface area contributed by atoms with E-state index < -0.39 is 0 Å². The molecular formula is C17H24N6O. The molecule has 0 aliphatic carbocycles. The molecule has 7 nitrogen and oxygen atoms in total. The van der Waals surface area contributed by atoms with Gasteiger partial charge >= 0.3 is 0 Å². The number of benzene rings is 1. The maximum atomic E-state index is 5.87. The van der Waals surface area contributed by atoms with Crippen molar-refractivity contribution in [1.29, 1.82) is 0 Å². The molecule has 0 amide bonds. The van der Waals surface area contributed by atoms with Crippen LogP contribution < -0.4 is 11.1 Å². The minimum absolute atomic E-state index is 0.206. The predicted molar refractivity (Wildman–Crippen MR) is 94.0 cm³/mol. The maximum Gasteiger partial charge on any atom is 0.232 e. The molecular weight excluding hydrogens is 304 g/mol. The average Bonchev–Trinajstić information content (AvgIpc) is 2.48. The third kappa shape index (κ3) is 4.18. The molecule has 1 aromatic heterocycles. The van der Waals surface area contributed by atoms with Crippen LogP contribution in [0.2, 0.25) is 0 Å². The number of hydrogen-bond acceptors (Lipinski definition) is 7. The molecule has 2 heterocycles. The number of hydrogen-bond donors (Lipinski definition) is 2. The fourth-order valence-electron chi connectivity index (χ4n) is 3.01. The number of rotatable bonds is 4. The van der Waals surface area contributed by atoms with Crippen LogP contribution in [0, 0.1) is 6.92 Å². The third-order valence-corrected chi connectivity index (χ3v) is 3.95. The second-order valence-electron chi connectivity index (χ2n) is 6.32. The second-order valence-corrected chi connectivity index (χ2v) is 6.32. The van der Waals surface area contributed by atoms with Crippen LogP contribution in [0.1, 0.15) is 25.2 Å². The smallest absolute Gasteiger partial charge is 0.232 e. The summed E-state index contributed by atoms with van der Waals surface area (Å²) in [6.07, 6.45) is 0.412. The Morgan fingerprint density at radius 3 is 2.58 bits per heavy atom. The summed E-state index contributed by atoms with van der Waals surface area (Å²) in [5, 5.41) is 3.22. The van der Waals surface area contributed by atoms with Crippen molar-refractivity contribution in [3.05, 3.63) is 35.7 Å². The number of nitrogens with two attached hydrogens (primary N) is 1. The zero-order valence-corrected chi connectivity index (χ0v) is 14.4. The lowest BCUT2D eigenvalue weighted by molar-refractivity contribution is -0.0710. The van der Waals surface area contributed by atoms with E-state index in [0.29, 0.717) is 18.3 Å². The normalized spacial score (nSPS) is 21.6. The minimum atomic E-state index is 0.206. The number of aromatic nitrogens is 3. The zero-order chi connectivity index (χ0) is 17.1. The van der Waals surface area contributed by atoms with Gasteiger partial charge in [-0.05, 0) is 32.4 Å². The van der Waals surface area contributed by atoms with Crippen molar-refractivity contribution >= 4 is 17.6 Å². The van der Waals surface area contributed by atoms with E-state index in [1.165, 1.54) is 0 Å². The molecule has 1 saturated heterocycles. The number of para-hydroxylation sites is 1. The molecule has 2 unspecified atom stereocenters. The van der Waals surface area contributed by atoms with Gasteiger partial charge < -0.3 is 15.8 Å². The van der Waals surface area contributed by atoms with E-state index in [4.69, 9.17) is 10.5 Å². The summed E-state index contributed by atoms with van der Waals surface area (Å²) in [6.45, 7) is 8.54. The summed E-state index contributed by atoms with van der Waals surface area (Å²) in [5.41, 5.74) is 7.95. The molecule has 7 heteroatoms. The molecule has 128 valence electrons. The van der Waals surface area contributed by atoms with Gasteiger partial charge in [-0.25, -0.2) is 0 Å². The van der Waals surface area contributed by atoms with E-state index in [2.05, 4.69) is 39.0 Å². The average molecular weight is 328 g/mol. The number of nitrogens with one attached hydrogen (secondary N) is 1. The predicted octanol–water partition coefficient (Wildman–Crippen LogP) is 2.12. The highest BCUT2D eigenvalue weighted by Gasteiger charge is 2.23. The first-order valence-electron chi connectivity index (χ1n) is 8.20. The van der Waals surface area contributed by atoms with Gasteiger partial charge in [0.2, 0.25) is 11.9 Å². The summed E-state index contributed by atoms with van der Waals surface area (Å²) >= 11 is 0. The Hall–Kier alpha value is -2.25. The summed E-state index contributed by atoms with van der Waals surface area (Å²) in [6, 6.07) is 7.98. The number of nitrogen functional groups attached to an aromatic ring is 1. The standard InChI is InChI=1S/C17H24N6O/c1-11-6-4-5-7-14(11)19-17-21-15(20-16(18)22-17)10-23-8-12(2)24-13(3)9-23/h4-7,12-13H,8-10H2,1-3H3,(H3,18,19,20,21,22). The van der Waals surface area contributed by atoms with E-state index >= 15 is 0 Å². The second kappa shape index (κ2) is 7.11. The molecule has 0 saturated carbocycles. The lowest BCUT2D eigenvalue weighted by Crippen LogP contribution is -2.45. The monoisotopic (exact) mass is 328 g/mol. The van der Waals surface area contributed by atoms with Crippen molar-refractivity contribution in [3.63, 3.8) is 0 Å². The topological polar surface area (TPSA) is 89.2 Å². The fourth-order valence-corrected chi connectivity index (χ4v) is 3.01. The highest BCUT2D eigenvalue weighted by molar-refractivity contribution is 5.58. The molecule has 2 atom stereocenters. The van der Waals surface area contributed by atoms with Gasteiger partial charge in [0.1, 0.15) is 5.82 Å². The van der Waals surface area contributed by atoms with Crippen LogP contribution in [0.15, 0.2) is 24.3 Å². The van der Waals surface area contributed by atoms with Crippen LogP contribution in [0.5, 0.6) is 0 Å². The molecule has 3 N–H and O–H groups in total. The van der Waals surface area contributed by atoms with Gasteiger partial charge in [-0.15, -0.1) is 0 Å². The Labute approximate surface area is 142 Å². The van der Waals surface area contributed by atoms with E-state index in [1.54, 1.807) is 0 Å². The third-order valence-electron chi connectivity index (χ3n) is 3.95. The molecule has 1 fully saturated rings. The number of anilines is 3. The van der Waals surface area contributed by atoms with E-state index in [0.717, 1.165) is 24.3 Å². The van der Waals surface area contributed by atoms with E-state index in [9.17, 15) is 0 Å². The van der Waals surface area contributed by atoms with Crippen LogP contribution >= 0.6 is 0 Å². The summed E-state index contributed by atoms with van der Waals surface area (Å²) < 4.78 is 5.76. The first-order chi connectivity index (χ1) is 11.5. The molecule has 1 aliphatic heterocycles. The molecule has 24 heavy (non-hydrogen) atoms. The number of ether oxygens (including phenoxy) is 1. The van der Waals surface area contributed by atoms with Crippen molar-refractivity contribution < 1.29 is 4.74 Å². The van der Waals surface area contributed by atoms with Gasteiger partial charge in [0.05, 0.1) is 18.8 Å². The number of nitrogens with zero attached hydrogens (tertiary/aromatic N) is 4. The SMILES string of the molecule is Cc1ccccc1Nc1nc(N)nc(CN2CC(C)OC(C)C2)n1. The highest BCUT2D eigenvalue weighted by atomic mass is 16.5.